The van der Waals surface area contributed by atoms with Gasteiger partial charge >= 0.3 is 6.09 Å². The molecule has 0 aromatic heterocycles. The number of unbranched alkanes of at least 4 members (excludes halogenated alkanes) is 4. The van der Waals surface area contributed by atoms with Crippen LogP contribution < -0.4 is 0 Å². The van der Waals surface area contributed by atoms with Crippen LogP contribution in [-0.2, 0) is 14.2 Å². The normalized spacial score (nSPS) is 12.4. The molecule has 1 aliphatic rings. The van der Waals surface area contributed by atoms with E-state index in [0.29, 0.717) is 33.0 Å². The van der Waals surface area contributed by atoms with Crippen LogP contribution >= 0.6 is 0 Å². The van der Waals surface area contributed by atoms with Crippen molar-refractivity contribution in [3.05, 3.63) is 59.7 Å². The molecule has 0 unspecified atom stereocenters. The molecule has 0 saturated carbocycles. The van der Waals surface area contributed by atoms with E-state index in [4.69, 9.17) is 14.2 Å². The van der Waals surface area contributed by atoms with Gasteiger partial charge in [-0.05, 0) is 28.7 Å². The summed E-state index contributed by atoms with van der Waals surface area (Å²) in [6.07, 6.45) is 5.89. The van der Waals surface area contributed by atoms with Gasteiger partial charge in [-0.15, -0.1) is 0 Å². The maximum Gasteiger partial charge on any atom is 0.409 e. The zero-order valence-corrected chi connectivity index (χ0v) is 19.6. The number of ether oxygens (including phenoxy) is 3. The van der Waals surface area contributed by atoms with Crippen molar-refractivity contribution in [2.75, 3.05) is 46.6 Å². The summed E-state index contributed by atoms with van der Waals surface area (Å²) in [5.41, 5.74) is 4.90. The predicted octanol–water partition coefficient (Wildman–Crippen LogP) is 5.87. The molecule has 0 spiro atoms. The number of fused-ring (bicyclic) bond motifs is 3. The van der Waals surface area contributed by atoms with Crippen LogP contribution in [0.4, 0.5) is 4.79 Å². The molecule has 5 heteroatoms. The lowest BCUT2D eigenvalue weighted by atomic mass is 9.98. The summed E-state index contributed by atoms with van der Waals surface area (Å²) in [4.78, 5) is 14.0. The summed E-state index contributed by atoms with van der Waals surface area (Å²) in [6.45, 7) is 5.47. The number of benzene rings is 2. The van der Waals surface area contributed by atoms with Crippen molar-refractivity contribution in [1.82, 2.24) is 4.90 Å². The number of carbonyl (C=O) groups excluding carboxylic acids is 1. The Balaban J connectivity index is 1.31. The molecule has 0 atom stereocenters. The molecule has 5 nitrogen and oxygen atoms in total. The molecule has 0 heterocycles. The van der Waals surface area contributed by atoms with Crippen LogP contribution in [0.25, 0.3) is 11.1 Å². The molecule has 0 N–H and O–H groups in total. The summed E-state index contributed by atoms with van der Waals surface area (Å²) in [6, 6.07) is 16.7. The second-order valence-corrected chi connectivity index (χ2v) is 8.36. The second kappa shape index (κ2) is 13.2. The fraction of sp³-hybridized carbons (Fsp3) is 0.519. The topological polar surface area (TPSA) is 48.0 Å². The molecule has 3 rings (SSSR count). The molecule has 32 heavy (non-hydrogen) atoms. The quantitative estimate of drug-likeness (QED) is 0.345. The van der Waals surface area contributed by atoms with Crippen molar-refractivity contribution in [1.29, 1.82) is 0 Å². The number of hydrogen-bond acceptors (Lipinski definition) is 4. The SMILES string of the molecule is CCCCCCCOCCOCCN(C)C(=O)OCC1c2ccccc2-c2ccccc21. The summed E-state index contributed by atoms with van der Waals surface area (Å²) in [5, 5.41) is 0. The van der Waals surface area contributed by atoms with Crippen molar-refractivity contribution in [2.45, 2.75) is 44.9 Å². The predicted molar refractivity (Wildman–Crippen MR) is 128 cm³/mol. The molecule has 0 fully saturated rings. The van der Waals surface area contributed by atoms with E-state index in [1.165, 1.54) is 47.9 Å². The van der Waals surface area contributed by atoms with Crippen LogP contribution in [0, 0.1) is 0 Å². The van der Waals surface area contributed by atoms with Gasteiger partial charge in [0.25, 0.3) is 0 Å². The zero-order chi connectivity index (χ0) is 22.6. The van der Waals surface area contributed by atoms with E-state index in [9.17, 15) is 4.79 Å². The Morgan fingerprint density at radius 2 is 1.41 bits per heavy atom. The Kier molecular flexibility index (Phi) is 10.0. The third kappa shape index (κ3) is 6.81. The van der Waals surface area contributed by atoms with Crippen molar-refractivity contribution in [2.24, 2.45) is 0 Å². The first-order chi connectivity index (χ1) is 15.7. The number of nitrogens with zero attached hydrogens (tertiary/aromatic N) is 1. The first-order valence-electron chi connectivity index (χ1n) is 11.9. The van der Waals surface area contributed by atoms with Gasteiger partial charge in [0.05, 0.1) is 19.8 Å². The first-order valence-corrected chi connectivity index (χ1v) is 11.9. The van der Waals surface area contributed by atoms with E-state index in [1.807, 2.05) is 12.1 Å². The van der Waals surface area contributed by atoms with Crippen LogP contribution in [0.15, 0.2) is 48.5 Å². The third-order valence-corrected chi connectivity index (χ3v) is 5.98. The molecule has 0 saturated heterocycles. The number of hydrogen-bond donors (Lipinski definition) is 0. The smallest absolute Gasteiger partial charge is 0.409 e. The van der Waals surface area contributed by atoms with Gasteiger partial charge in [-0.2, -0.15) is 0 Å². The van der Waals surface area contributed by atoms with Crippen molar-refractivity contribution in [3.8, 4) is 11.1 Å². The Morgan fingerprint density at radius 1 is 0.812 bits per heavy atom. The lowest BCUT2D eigenvalue weighted by molar-refractivity contribution is 0.0371. The molecule has 2 aromatic rings. The average Bonchev–Trinajstić information content (AvgIpc) is 3.14. The van der Waals surface area contributed by atoms with Gasteiger partial charge in [-0.1, -0.05) is 81.1 Å². The fourth-order valence-corrected chi connectivity index (χ4v) is 4.13. The van der Waals surface area contributed by atoms with E-state index in [0.717, 1.165) is 13.0 Å². The number of rotatable bonds is 14. The molecule has 174 valence electrons. The minimum Gasteiger partial charge on any atom is -0.448 e. The summed E-state index contributed by atoms with van der Waals surface area (Å²) in [7, 11) is 1.75. The number of carbonyl (C=O) groups is 1. The van der Waals surface area contributed by atoms with E-state index in [-0.39, 0.29) is 12.0 Å². The van der Waals surface area contributed by atoms with Crippen molar-refractivity contribution < 1.29 is 19.0 Å². The molecule has 0 aliphatic heterocycles. The fourth-order valence-electron chi connectivity index (χ4n) is 4.13. The number of likely N-dealkylation sites (N-methyl/N-ethyl adjacent to an activating group) is 1. The largest absolute Gasteiger partial charge is 0.448 e. The first kappa shape index (κ1) is 24.3. The van der Waals surface area contributed by atoms with Crippen LogP contribution in [0.2, 0.25) is 0 Å². The molecule has 2 aromatic carbocycles. The molecule has 1 amide bonds. The van der Waals surface area contributed by atoms with Crippen LogP contribution in [0.5, 0.6) is 0 Å². The lowest BCUT2D eigenvalue weighted by Crippen LogP contribution is -2.32. The Bertz CT molecular complexity index is 792. The summed E-state index contributed by atoms with van der Waals surface area (Å²) in [5.74, 6) is 0.0788. The third-order valence-electron chi connectivity index (χ3n) is 5.98. The van der Waals surface area contributed by atoms with Gasteiger partial charge in [-0.25, -0.2) is 4.79 Å². The molecule has 0 radical (unpaired) electrons. The highest BCUT2D eigenvalue weighted by atomic mass is 16.6. The zero-order valence-electron chi connectivity index (χ0n) is 19.6. The van der Waals surface area contributed by atoms with E-state index < -0.39 is 0 Å². The standard InChI is InChI=1S/C27H37NO4/c1-3-4-5-6-11-17-30-19-20-31-18-16-28(2)27(29)32-21-26-24-14-9-7-12-22(24)23-13-8-10-15-25(23)26/h7-10,12-15,26H,3-6,11,16-21H2,1-2H3. The van der Waals surface area contributed by atoms with Crippen LogP contribution in [-0.4, -0.2) is 57.6 Å². The highest BCUT2D eigenvalue weighted by Crippen LogP contribution is 2.44. The van der Waals surface area contributed by atoms with Crippen LogP contribution in [0.3, 0.4) is 0 Å². The highest BCUT2D eigenvalue weighted by molar-refractivity contribution is 5.79. The summed E-state index contributed by atoms with van der Waals surface area (Å²) >= 11 is 0. The van der Waals surface area contributed by atoms with E-state index in [1.54, 1.807) is 11.9 Å². The van der Waals surface area contributed by atoms with Gasteiger partial charge in [0.15, 0.2) is 0 Å². The molecule has 1 aliphatic carbocycles. The van der Waals surface area contributed by atoms with Crippen LogP contribution in [0.1, 0.15) is 56.1 Å². The summed E-state index contributed by atoms with van der Waals surface area (Å²) < 4.78 is 16.8. The molecular weight excluding hydrogens is 402 g/mol. The lowest BCUT2D eigenvalue weighted by Gasteiger charge is -2.19. The Morgan fingerprint density at radius 3 is 2.06 bits per heavy atom. The van der Waals surface area contributed by atoms with Gasteiger partial charge in [0, 0.05) is 26.1 Å². The monoisotopic (exact) mass is 439 g/mol. The van der Waals surface area contributed by atoms with Gasteiger partial charge in [0.2, 0.25) is 0 Å². The van der Waals surface area contributed by atoms with Crippen molar-refractivity contribution in [3.63, 3.8) is 0 Å². The highest BCUT2D eigenvalue weighted by Gasteiger charge is 2.29. The Hall–Kier alpha value is -2.37. The van der Waals surface area contributed by atoms with E-state index in [2.05, 4.69) is 43.3 Å². The minimum absolute atomic E-state index is 0.0788. The van der Waals surface area contributed by atoms with Crippen molar-refractivity contribution >= 4 is 6.09 Å². The van der Waals surface area contributed by atoms with Gasteiger partial charge < -0.3 is 19.1 Å². The minimum atomic E-state index is -0.321. The molecular formula is C27H37NO4. The Labute approximate surface area is 192 Å². The van der Waals surface area contributed by atoms with E-state index >= 15 is 0 Å². The second-order valence-electron chi connectivity index (χ2n) is 8.36. The maximum atomic E-state index is 12.5. The van der Waals surface area contributed by atoms with Gasteiger partial charge in [0.1, 0.15) is 6.61 Å². The molecule has 0 bridgehead atoms. The van der Waals surface area contributed by atoms with Gasteiger partial charge in [-0.3, -0.25) is 0 Å². The number of amides is 1. The maximum absolute atomic E-state index is 12.5. The average molecular weight is 440 g/mol.